The zero-order chi connectivity index (χ0) is 18.3. The fraction of sp³-hybridized carbons (Fsp3) is 0.471. The van der Waals surface area contributed by atoms with Crippen LogP contribution in [-0.2, 0) is 14.3 Å². The SMILES string of the molecule is COc1cc(C#N)ccc1OCC(=O)NCC1(C(=O)O)CCOCC1. The second-order valence-electron chi connectivity index (χ2n) is 5.74. The van der Waals surface area contributed by atoms with Crippen LogP contribution in [0.1, 0.15) is 18.4 Å². The molecule has 8 heteroatoms. The number of carboxylic acid groups (broad SMARTS) is 1. The van der Waals surface area contributed by atoms with Gasteiger partial charge in [0.15, 0.2) is 18.1 Å². The Labute approximate surface area is 145 Å². The number of nitrogens with zero attached hydrogens (tertiary/aromatic N) is 1. The summed E-state index contributed by atoms with van der Waals surface area (Å²) in [5.41, 5.74) is -0.586. The average Bonchev–Trinajstić information content (AvgIpc) is 2.65. The summed E-state index contributed by atoms with van der Waals surface area (Å²) in [6, 6.07) is 6.59. The van der Waals surface area contributed by atoms with Crippen LogP contribution in [0.25, 0.3) is 0 Å². The number of nitrogens with one attached hydrogen (secondary N) is 1. The lowest BCUT2D eigenvalue weighted by Crippen LogP contribution is -2.47. The largest absolute Gasteiger partial charge is 0.493 e. The Hall–Kier alpha value is -2.79. The molecule has 1 aromatic rings. The number of methoxy groups -OCH3 is 1. The summed E-state index contributed by atoms with van der Waals surface area (Å²) in [5.74, 6) is -0.696. The van der Waals surface area contributed by atoms with Gasteiger partial charge in [-0.1, -0.05) is 0 Å². The lowest BCUT2D eigenvalue weighted by Gasteiger charge is -2.33. The number of benzene rings is 1. The number of aliphatic carboxylic acids is 1. The number of carbonyl (C=O) groups is 2. The average molecular weight is 348 g/mol. The summed E-state index contributed by atoms with van der Waals surface area (Å²) in [6.07, 6.45) is 0.708. The molecule has 1 aromatic carbocycles. The van der Waals surface area contributed by atoms with Gasteiger partial charge in [0, 0.05) is 25.8 Å². The zero-order valence-corrected chi connectivity index (χ0v) is 13.9. The number of nitriles is 1. The number of hydrogen-bond donors (Lipinski definition) is 2. The summed E-state index contributed by atoms with van der Waals surface area (Å²) in [5, 5.41) is 20.9. The third kappa shape index (κ3) is 4.61. The van der Waals surface area contributed by atoms with Crippen LogP contribution < -0.4 is 14.8 Å². The Morgan fingerprint density at radius 2 is 2.08 bits per heavy atom. The summed E-state index contributed by atoms with van der Waals surface area (Å²) in [7, 11) is 1.44. The van der Waals surface area contributed by atoms with Crippen molar-refractivity contribution in [3.63, 3.8) is 0 Å². The molecule has 0 aromatic heterocycles. The maximum absolute atomic E-state index is 12.0. The highest BCUT2D eigenvalue weighted by Gasteiger charge is 2.40. The molecule has 1 amide bonds. The molecule has 1 aliphatic heterocycles. The van der Waals surface area contributed by atoms with Crippen molar-refractivity contribution in [2.24, 2.45) is 5.41 Å². The lowest BCUT2D eigenvalue weighted by molar-refractivity contribution is -0.154. The normalized spacial score (nSPS) is 15.7. The van der Waals surface area contributed by atoms with Crippen LogP contribution in [0.5, 0.6) is 11.5 Å². The zero-order valence-electron chi connectivity index (χ0n) is 13.9. The van der Waals surface area contributed by atoms with Gasteiger partial charge in [0.2, 0.25) is 0 Å². The van der Waals surface area contributed by atoms with Crippen LogP contribution in [0, 0.1) is 16.7 Å². The molecule has 1 aliphatic rings. The molecule has 0 radical (unpaired) electrons. The highest BCUT2D eigenvalue weighted by atomic mass is 16.5. The van der Waals surface area contributed by atoms with Crippen molar-refractivity contribution in [1.82, 2.24) is 5.32 Å². The van der Waals surface area contributed by atoms with E-state index in [1.807, 2.05) is 6.07 Å². The number of amides is 1. The van der Waals surface area contributed by atoms with Gasteiger partial charge in [0.05, 0.1) is 24.2 Å². The quantitative estimate of drug-likeness (QED) is 0.753. The molecule has 2 rings (SSSR count). The van der Waals surface area contributed by atoms with Crippen molar-refractivity contribution in [3.05, 3.63) is 23.8 Å². The summed E-state index contributed by atoms with van der Waals surface area (Å²) >= 11 is 0. The van der Waals surface area contributed by atoms with Gasteiger partial charge in [-0.25, -0.2) is 0 Å². The molecule has 0 bridgehead atoms. The van der Waals surface area contributed by atoms with Crippen LogP contribution in [0.3, 0.4) is 0 Å². The van der Waals surface area contributed by atoms with Crippen molar-refractivity contribution in [1.29, 1.82) is 5.26 Å². The van der Waals surface area contributed by atoms with E-state index in [1.54, 1.807) is 12.1 Å². The molecule has 0 saturated carbocycles. The van der Waals surface area contributed by atoms with Gasteiger partial charge in [-0.2, -0.15) is 5.26 Å². The van der Waals surface area contributed by atoms with E-state index in [0.717, 1.165) is 0 Å². The minimum atomic E-state index is -1.000. The molecule has 0 aliphatic carbocycles. The predicted octanol–water partition coefficient (Wildman–Crippen LogP) is 0.943. The van der Waals surface area contributed by atoms with Gasteiger partial charge in [0.1, 0.15) is 0 Å². The Kier molecular flexibility index (Phi) is 6.19. The van der Waals surface area contributed by atoms with Crippen LogP contribution in [0.4, 0.5) is 0 Å². The van der Waals surface area contributed by atoms with Crippen LogP contribution >= 0.6 is 0 Å². The Morgan fingerprint density at radius 3 is 2.68 bits per heavy atom. The first-order valence-electron chi connectivity index (χ1n) is 7.79. The highest BCUT2D eigenvalue weighted by molar-refractivity contribution is 5.80. The van der Waals surface area contributed by atoms with Crippen LogP contribution in [0.2, 0.25) is 0 Å². The number of carbonyl (C=O) groups excluding carboxylic acids is 1. The van der Waals surface area contributed by atoms with Crippen molar-refractivity contribution in [2.75, 3.05) is 33.5 Å². The van der Waals surface area contributed by atoms with Crippen molar-refractivity contribution < 1.29 is 28.9 Å². The van der Waals surface area contributed by atoms with E-state index in [0.29, 0.717) is 43.1 Å². The van der Waals surface area contributed by atoms with Crippen LogP contribution in [0.15, 0.2) is 18.2 Å². The number of ether oxygens (including phenoxy) is 3. The second-order valence-corrected chi connectivity index (χ2v) is 5.74. The number of carboxylic acids is 1. The maximum Gasteiger partial charge on any atom is 0.311 e. The molecule has 0 spiro atoms. The predicted molar refractivity (Wildman–Crippen MR) is 86.3 cm³/mol. The molecular weight excluding hydrogens is 328 g/mol. The smallest absolute Gasteiger partial charge is 0.311 e. The first-order chi connectivity index (χ1) is 12.0. The van der Waals surface area contributed by atoms with E-state index in [1.165, 1.54) is 13.2 Å². The third-order valence-electron chi connectivity index (χ3n) is 4.18. The summed E-state index contributed by atoms with van der Waals surface area (Å²) in [4.78, 5) is 23.5. The molecule has 25 heavy (non-hydrogen) atoms. The molecule has 134 valence electrons. The summed E-state index contributed by atoms with van der Waals surface area (Å²) < 4.78 is 15.7. The minimum absolute atomic E-state index is 0.0262. The van der Waals surface area contributed by atoms with Crippen molar-refractivity contribution in [2.45, 2.75) is 12.8 Å². The van der Waals surface area contributed by atoms with Gasteiger partial charge in [-0.15, -0.1) is 0 Å². The molecule has 0 atom stereocenters. The van der Waals surface area contributed by atoms with Gasteiger partial charge in [-0.05, 0) is 25.0 Å². The summed E-state index contributed by atoms with van der Waals surface area (Å²) in [6.45, 7) is 0.467. The molecule has 1 fully saturated rings. The standard InChI is InChI=1S/C17H20N2O6/c1-23-14-8-12(9-18)2-3-13(14)25-10-15(20)19-11-17(16(21)22)4-6-24-7-5-17/h2-3,8H,4-7,10-11H2,1H3,(H,19,20)(H,21,22). The van der Waals surface area contributed by atoms with Gasteiger partial charge < -0.3 is 24.6 Å². The first-order valence-corrected chi connectivity index (χ1v) is 7.79. The molecule has 2 N–H and O–H groups in total. The topological polar surface area (TPSA) is 118 Å². The van der Waals surface area contributed by atoms with E-state index < -0.39 is 17.3 Å². The van der Waals surface area contributed by atoms with Gasteiger partial charge in [-0.3, -0.25) is 9.59 Å². The number of rotatable bonds is 7. The van der Waals surface area contributed by atoms with Crippen LogP contribution in [-0.4, -0.2) is 50.5 Å². The Bertz CT molecular complexity index is 676. The van der Waals surface area contributed by atoms with E-state index >= 15 is 0 Å². The van der Waals surface area contributed by atoms with E-state index in [-0.39, 0.29) is 13.2 Å². The van der Waals surface area contributed by atoms with Crippen molar-refractivity contribution >= 4 is 11.9 Å². The molecule has 8 nitrogen and oxygen atoms in total. The molecule has 0 unspecified atom stereocenters. The fourth-order valence-electron chi connectivity index (χ4n) is 2.55. The second kappa shape index (κ2) is 8.35. The maximum atomic E-state index is 12.0. The lowest BCUT2D eigenvalue weighted by atomic mass is 9.80. The van der Waals surface area contributed by atoms with Gasteiger partial charge in [0.25, 0.3) is 5.91 Å². The molecular formula is C17H20N2O6. The van der Waals surface area contributed by atoms with E-state index in [9.17, 15) is 14.7 Å². The highest BCUT2D eigenvalue weighted by Crippen LogP contribution is 2.30. The Morgan fingerprint density at radius 1 is 1.36 bits per heavy atom. The molecule has 1 heterocycles. The number of hydrogen-bond acceptors (Lipinski definition) is 6. The monoisotopic (exact) mass is 348 g/mol. The first kappa shape index (κ1) is 18.5. The minimum Gasteiger partial charge on any atom is -0.493 e. The fourth-order valence-corrected chi connectivity index (χ4v) is 2.55. The molecule has 1 saturated heterocycles. The Balaban J connectivity index is 1.90. The van der Waals surface area contributed by atoms with E-state index in [4.69, 9.17) is 19.5 Å². The van der Waals surface area contributed by atoms with E-state index in [2.05, 4.69) is 5.32 Å². The van der Waals surface area contributed by atoms with Gasteiger partial charge >= 0.3 is 5.97 Å². The third-order valence-corrected chi connectivity index (χ3v) is 4.18. The van der Waals surface area contributed by atoms with Crippen molar-refractivity contribution in [3.8, 4) is 17.6 Å².